The molecule has 1 atom stereocenters. The molecular weight excluding hydrogens is 254 g/mol. The molecule has 1 aliphatic rings. The molecule has 0 aromatic rings. The van der Waals surface area contributed by atoms with Crippen molar-refractivity contribution in [3.63, 3.8) is 0 Å². The zero-order valence-corrected chi connectivity index (χ0v) is 13.2. The molecule has 0 saturated carbocycles. The second-order valence-electron chi connectivity index (χ2n) is 6.24. The largest absolute Gasteiger partial charge is 0.394 e. The van der Waals surface area contributed by atoms with E-state index in [1.165, 1.54) is 6.42 Å². The van der Waals surface area contributed by atoms with E-state index in [0.717, 1.165) is 38.9 Å². The minimum atomic E-state index is -0.143. The quantitative estimate of drug-likeness (QED) is 0.665. The van der Waals surface area contributed by atoms with Crippen molar-refractivity contribution in [1.29, 1.82) is 0 Å². The molecule has 0 radical (unpaired) electrons. The number of carbonyl (C=O) groups excluding carboxylic acids is 1. The molecule has 1 heterocycles. The maximum atomic E-state index is 11.9. The van der Waals surface area contributed by atoms with Crippen molar-refractivity contribution in [1.82, 2.24) is 15.5 Å². The molecule has 0 bridgehead atoms. The number of rotatable bonds is 7. The Balaban J connectivity index is 2.25. The number of nitrogens with zero attached hydrogens (tertiary/aromatic N) is 1. The number of nitrogens with one attached hydrogen (secondary N) is 2. The summed E-state index contributed by atoms with van der Waals surface area (Å²) >= 11 is 0. The number of hydrogen-bond acceptors (Lipinski definition) is 3. The summed E-state index contributed by atoms with van der Waals surface area (Å²) in [6.07, 6.45) is 4.02. The molecule has 0 spiro atoms. The van der Waals surface area contributed by atoms with E-state index in [0.29, 0.717) is 5.92 Å². The summed E-state index contributed by atoms with van der Waals surface area (Å²) in [5, 5.41) is 15.2. The molecule has 0 aromatic heterocycles. The predicted octanol–water partition coefficient (Wildman–Crippen LogP) is 1.57. The van der Waals surface area contributed by atoms with Crippen molar-refractivity contribution in [2.45, 2.75) is 58.5 Å². The zero-order valence-electron chi connectivity index (χ0n) is 13.2. The van der Waals surface area contributed by atoms with E-state index in [-0.39, 0.29) is 24.7 Å². The lowest BCUT2D eigenvalue weighted by Gasteiger charge is -2.32. The van der Waals surface area contributed by atoms with Gasteiger partial charge in [0.1, 0.15) is 0 Å². The highest BCUT2D eigenvalue weighted by molar-refractivity contribution is 5.74. The minimum Gasteiger partial charge on any atom is -0.394 e. The summed E-state index contributed by atoms with van der Waals surface area (Å²) in [5.74, 6) is 0.463. The van der Waals surface area contributed by atoms with Gasteiger partial charge in [-0.2, -0.15) is 0 Å². The van der Waals surface area contributed by atoms with Gasteiger partial charge >= 0.3 is 6.03 Å². The normalized spacial score (nSPS) is 19.1. The van der Waals surface area contributed by atoms with Gasteiger partial charge < -0.3 is 20.6 Å². The van der Waals surface area contributed by atoms with Crippen LogP contribution < -0.4 is 10.6 Å². The summed E-state index contributed by atoms with van der Waals surface area (Å²) in [6.45, 7) is 9.65. The molecule has 0 aromatic carbocycles. The first kappa shape index (κ1) is 17.2. The molecule has 5 nitrogen and oxygen atoms in total. The predicted molar refractivity (Wildman–Crippen MR) is 81.7 cm³/mol. The summed E-state index contributed by atoms with van der Waals surface area (Å²) in [7, 11) is 0. The van der Waals surface area contributed by atoms with Crippen molar-refractivity contribution < 1.29 is 9.90 Å². The Hall–Kier alpha value is -0.810. The molecule has 0 aliphatic carbocycles. The Morgan fingerprint density at radius 2 is 2.00 bits per heavy atom. The third-order valence-corrected chi connectivity index (χ3v) is 3.77. The smallest absolute Gasteiger partial charge is 0.315 e. The van der Waals surface area contributed by atoms with Crippen LogP contribution in [0.3, 0.4) is 0 Å². The standard InChI is InChI=1S/C15H31N3O2/c1-4-7-18-8-5-13(6-9-18)16-15(20)17-14(11-19)10-12(2)3/h12-14,19H,4-11H2,1-3H3,(H2,16,17,20). The van der Waals surface area contributed by atoms with Gasteiger partial charge in [0.05, 0.1) is 12.6 Å². The van der Waals surface area contributed by atoms with Crippen LogP contribution in [-0.2, 0) is 0 Å². The maximum absolute atomic E-state index is 11.9. The highest BCUT2D eigenvalue weighted by atomic mass is 16.3. The van der Waals surface area contributed by atoms with Crippen molar-refractivity contribution >= 4 is 6.03 Å². The van der Waals surface area contributed by atoms with Crippen molar-refractivity contribution in [2.75, 3.05) is 26.2 Å². The zero-order chi connectivity index (χ0) is 15.0. The molecule has 20 heavy (non-hydrogen) atoms. The first-order valence-electron chi connectivity index (χ1n) is 7.95. The Kier molecular flexibility index (Phi) is 7.92. The summed E-state index contributed by atoms with van der Waals surface area (Å²) in [5.41, 5.74) is 0. The summed E-state index contributed by atoms with van der Waals surface area (Å²) in [6, 6.07) is -0.0182. The molecule has 2 amide bonds. The van der Waals surface area contributed by atoms with E-state index in [1.54, 1.807) is 0 Å². The molecule has 3 N–H and O–H groups in total. The van der Waals surface area contributed by atoms with Crippen molar-refractivity contribution in [2.24, 2.45) is 5.92 Å². The topological polar surface area (TPSA) is 64.6 Å². The number of aliphatic hydroxyl groups is 1. The molecule has 118 valence electrons. The summed E-state index contributed by atoms with van der Waals surface area (Å²) in [4.78, 5) is 14.4. The minimum absolute atomic E-state index is 0.000540. The van der Waals surface area contributed by atoms with Gasteiger partial charge in [0.2, 0.25) is 0 Å². The van der Waals surface area contributed by atoms with Crippen LogP contribution in [0.25, 0.3) is 0 Å². The van der Waals surface area contributed by atoms with E-state index in [2.05, 4.69) is 36.3 Å². The summed E-state index contributed by atoms with van der Waals surface area (Å²) < 4.78 is 0. The van der Waals surface area contributed by atoms with Crippen LogP contribution in [0.2, 0.25) is 0 Å². The molecule has 1 rings (SSSR count). The van der Waals surface area contributed by atoms with Crippen LogP contribution in [0.4, 0.5) is 4.79 Å². The molecule has 1 saturated heterocycles. The average molecular weight is 285 g/mol. The van der Waals surface area contributed by atoms with Crippen LogP contribution in [0.1, 0.15) is 46.5 Å². The Morgan fingerprint density at radius 1 is 1.35 bits per heavy atom. The lowest BCUT2D eigenvalue weighted by molar-refractivity contribution is 0.183. The van der Waals surface area contributed by atoms with E-state index in [9.17, 15) is 9.90 Å². The SMILES string of the molecule is CCCN1CCC(NC(=O)NC(CO)CC(C)C)CC1. The fourth-order valence-corrected chi connectivity index (χ4v) is 2.78. The van der Waals surface area contributed by atoms with Gasteiger partial charge in [-0.25, -0.2) is 4.79 Å². The van der Waals surface area contributed by atoms with Crippen LogP contribution in [0.15, 0.2) is 0 Å². The van der Waals surface area contributed by atoms with Crippen LogP contribution in [0, 0.1) is 5.92 Å². The highest BCUT2D eigenvalue weighted by Gasteiger charge is 2.21. The second kappa shape index (κ2) is 9.19. The first-order chi connectivity index (χ1) is 9.55. The Morgan fingerprint density at radius 3 is 2.50 bits per heavy atom. The van der Waals surface area contributed by atoms with E-state index >= 15 is 0 Å². The number of aliphatic hydroxyl groups excluding tert-OH is 1. The fraction of sp³-hybridized carbons (Fsp3) is 0.933. The molecule has 1 aliphatic heterocycles. The van der Waals surface area contributed by atoms with Crippen molar-refractivity contribution in [3.05, 3.63) is 0 Å². The van der Waals surface area contributed by atoms with Crippen LogP contribution in [-0.4, -0.2) is 54.4 Å². The monoisotopic (exact) mass is 285 g/mol. The van der Waals surface area contributed by atoms with E-state index in [4.69, 9.17) is 0 Å². The Bertz CT molecular complexity index is 276. The maximum Gasteiger partial charge on any atom is 0.315 e. The van der Waals surface area contributed by atoms with Gasteiger partial charge in [0, 0.05) is 19.1 Å². The number of likely N-dealkylation sites (tertiary alicyclic amines) is 1. The van der Waals surface area contributed by atoms with Gasteiger partial charge in [0.25, 0.3) is 0 Å². The van der Waals surface area contributed by atoms with Crippen molar-refractivity contribution in [3.8, 4) is 0 Å². The molecule has 1 unspecified atom stereocenters. The third kappa shape index (κ3) is 6.57. The number of carbonyl (C=O) groups is 1. The fourth-order valence-electron chi connectivity index (χ4n) is 2.78. The number of amides is 2. The second-order valence-corrected chi connectivity index (χ2v) is 6.24. The number of piperidine rings is 1. The van der Waals surface area contributed by atoms with Gasteiger partial charge in [-0.15, -0.1) is 0 Å². The van der Waals surface area contributed by atoms with E-state index < -0.39 is 0 Å². The lowest BCUT2D eigenvalue weighted by atomic mass is 10.0. The average Bonchev–Trinajstić information content (AvgIpc) is 2.40. The molecule has 5 heteroatoms. The highest BCUT2D eigenvalue weighted by Crippen LogP contribution is 2.10. The van der Waals surface area contributed by atoms with Gasteiger partial charge in [0.15, 0.2) is 0 Å². The van der Waals surface area contributed by atoms with E-state index in [1.807, 2.05) is 0 Å². The third-order valence-electron chi connectivity index (χ3n) is 3.77. The van der Waals surface area contributed by atoms with Crippen LogP contribution >= 0.6 is 0 Å². The van der Waals surface area contributed by atoms with Gasteiger partial charge in [-0.1, -0.05) is 20.8 Å². The number of urea groups is 1. The number of hydrogen-bond donors (Lipinski definition) is 3. The molecular formula is C15H31N3O2. The first-order valence-corrected chi connectivity index (χ1v) is 7.95. The van der Waals surface area contributed by atoms with Crippen LogP contribution in [0.5, 0.6) is 0 Å². The Labute approximate surface area is 123 Å². The molecule has 1 fully saturated rings. The van der Waals surface area contributed by atoms with Gasteiger partial charge in [-0.05, 0) is 38.1 Å². The lowest BCUT2D eigenvalue weighted by Crippen LogP contribution is -2.51. The van der Waals surface area contributed by atoms with Gasteiger partial charge in [-0.3, -0.25) is 0 Å².